The molecule has 0 aromatic heterocycles. The molecule has 5 nitrogen and oxygen atoms in total. The topological polar surface area (TPSA) is 56.6 Å². The number of hydrogen-bond acceptors (Lipinski definition) is 4. The minimum Gasteiger partial charge on any atom is -0.381 e. The maximum Gasteiger partial charge on any atom is 0.209 e. The number of rotatable bonds is 6. The lowest BCUT2D eigenvalue weighted by molar-refractivity contribution is -0.122. The van der Waals surface area contributed by atoms with Crippen LogP contribution in [0.1, 0.15) is 37.7 Å². The summed E-state index contributed by atoms with van der Waals surface area (Å²) >= 11 is 0. The highest BCUT2D eigenvalue weighted by Crippen LogP contribution is 2.28. The van der Waals surface area contributed by atoms with Gasteiger partial charge in [0.05, 0.1) is 11.3 Å². The van der Waals surface area contributed by atoms with Crippen molar-refractivity contribution in [1.82, 2.24) is 4.90 Å². The lowest BCUT2D eigenvalue weighted by atomic mass is 9.93. The first-order chi connectivity index (χ1) is 12.3. The van der Waals surface area contributed by atoms with Crippen LogP contribution in [0.25, 0.3) is 0 Å². The van der Waals surface area contributed by atoms with Gasteiger partial charge < -0.3 is 14.5 Å². The molecule has 0 spiro atoms. The van der Waals surface area contributed by atoms with Crippen LogP contribution < -0.4 is 4.90 Å². The number of benzene rings is 1. The van der Waals surface area contributed by atoms with E-state index in [-0.39, 0.29) is 0 Å². The van der Waals surface area contributed by atoms with Gasteiger partial charge in [0, 0.05) is 38.9 Å². The molecule has 0 aliphatic carbocycles. The highest BCUT2D eigenvalue weighted by Gasteiger charge is 2.24. The van der Waals surface area contributed by atoms with Crippen molar-refractivity contribution in [3.8, 4) is 6.07 Å². The van der Waals surface area contributed by atoms with Gasteiger partial charge >= 0.3 is 0 Å². The molecule has 1 atom stereocenters. The highest BCUT2D eigenvalue weighted by molar-refractivity contribution is 5.59. The van der Waals surface area contributed by atoms with E-state index in [1.54, 1.807) is 0 Å². The molecule has 1 amide bonds. The summed E-state index contributed by atoms with van der Waals surface area (Å²) in [7, 11) is 0. The third-order valence-corrected chi connectivity index (χ3v) is 5.47. The van der Waals surface area contributed by atoms with Gasteiger partial charge in [-0.25, -0.2) is 0 Å². The molecule has 25 heavy (non-hydrogen) atoms. The van der Waals surface area contributed by atoms with Crippen molar-refractivity contribution in [3.63, 3.8) is 0 Å². The van der Waals surface area contributed by atoms with Crippen molar-refractivity contribution in [2.75, 3.05) is 37.7 Å². The van der Waals surface area contributed by atoms with Gasteiger partial charge in [0.2, 0.25) is 6.41 Å². The SMILES string of the molecule is N#Cc1ccccc1N1CCCC(CCN(C=O)C2CCOCC2)C1. The maximum absolute atomic E-state index is 11.5. The second-order valence-corrected chi connectivity index (χ2v) is 7.06. The van der Waals surface area contributed by atoms with Crippen LogP contribution in [-0.2, 0) is 9.53 Å². The van der Waals surface area contributed by atoms with Gasteiger partial charge in [0.15, 0.2) is 0 Å². The fourth-order valence-electron chi connectivity index (χ4n) is 4.03. The molecule has 1 aromatic carbocycles. The van der Waals surface area contributed by atoms with Gasteiger partial charge in [-0.2, -0.15) is 5.26 Å². The number of ether oxygens (including phenoxy) is 1. The molecule has 134 valence electrons. The Labute approximate surface area is 150 Å². The maximum atomic E-state index is 11.5. The largest absolute Gasteiger partial charge is 0.381 e. The average molecular weight is 341 g/mol. The van der Waals surface area contributed by atoms with E-state index < -0.39 is 0 Å². The third kappa shape index (κ3) is 4.52. The molecule has 5 heteroatoms. The second-order valence-electron chi connectivity index (χ2n) is 7.06. The molecule has 2 fully saturated rings. The summed E-state index contributed by atoms with van der Waals surface area (Å²) in [5.74, 6) is 0.572. The fourth-order valence-corrected chi connectivity index (χ4v) is 4.03. The number of nitriles is 1. The minimum atomic E-state index is 0.338. The van der Waals surface area contributed by atoms with E-state index in [0.717, 1.165) is 76.2 Å². The lowest BCUT2D eigenvalue weighted by Crippen LogP contribution is -2.41. The first-order valence-corrected chi connectivity index (χ1v) is 9.34. The van der Waals surface area contributed by atoms with Crippen molar-refractivity contribution in [1.29, 1.82) is 5.26 Å². The normalized spacial score (nSPS) is 21.6. The number of nitrogens with zero attached hydrogens (tertiary/aromatic N) is 3. The van der Waals surface area contributed by atoms with Gasteiger partial charge in [-0.15, -0.1) is 0 Å². The molecule has 0 saturated carbocycles. The molecule has 2 saturated heterocycles. The zero-order valence-electron chi connectivity index (χ0n) is 14.8. The number of carbonyl (C=O) groups is 1. The summed E-state index contributed by atoms with van der Waals surface area (Å²) in [6.45, 7) is 4.33. The smallest absolute Gasteiger partial charge is 0.209 e. The van der Waals surface area contributed by atoms with Crippen LogP contribution in [0.4, 0.5) is 5.69 Å². The van der Waals surface area contributed by atoms with Crippen LogP contribution in [0.15, 0.2) is 24.3 Å². The zero-order valence-corrected chi connectivity index (χ0v) is 14.8. The van der Waals surface area contributed by atoms with E-state index in [0.29, 0.717) is 12.0 Å². The summed E-state index contributed by atoms with van der Waals surface area (Å²) in [5, 5.41) is 9.33. The Bertz CT molecular complexity index is 607. The predicted octanol–water partition coefficient (Wildman–Crippen LogP) is 2.80. The number of anilines is 1. The summed E-state index contributed by atoms with van der Waals surface area (Å²) in [4.78, 5) is 15.8. The minimum absolute atomic E-state index is 0.338. The zero-order chi connectivity index (χ0) is 17.5. The Balaban J connectivity index is 1.56. The Morgan fingerprint density at radius 3 is 2.84 bits per heavy atom. The van der Waals surface area contributed by atoms with E-state index in [9.17, 15) is 10.1 Å². The molecule has 0 N–H and O–H groups in total. The van der Waals surface area contributed by atoms with Crippen LogP contribution in [0, 0.1) is 17.2 Å². The van der Waals surface area contributed by atoms with E-state index in [1.165, 1.54) is 6.42 Å². The Kier molecular flexibility index (Phi) is 6.30. The molecule has 0 radical (unpaired) electrons. The number of para-hydroxylation sites is 1. The van der Waals surface area contributed by atoms with E-state index >= 15 is 0 Å². The number of hydrogen-bond donors (Lipinski definition) is 0. The van der Waals surface area contributed by atoms with Gasteiger partial charge in [-0.05, 0) is 50.2 Å². The molecule has 3 rings (SSSR count). The Morgan fingerprint density at radius 2 is 2.08 bits per heavy atom. The van der Waals surface area contributed by atoms with Crippen molar-refractivity contribution < 1.29 is 9.53 Å². The predicted molar refractivity (Wildman–Crippen MR) is 97.3 cm³/mol. The van der Waals surface area contributed by atoms with Crippen LogP contribution in [0.5, 0.6) is 0 Å². The molecule has 1 aromatic rings. The summed E-state index contributed by atoms with van der Waals surface area (Å²) in [6.07, 6.45) is 6.29. The van der Waals surface area contributed by atoms with Crippen LogP contribution in [0.3, 0.4) is 0 Å². The van der Waals surface area contributed by atoms with E-state index in [4.69, 9.17) is 4.74 Å². The number of piperidine rings is 1. The van der Waals surface area contributed by atoms with E-state index in [1.807, 2.05) is 29.2 Å². The number of carbonyl (C=O) groups excluding carboxylic acids is 1. The lowest BCUT2D eigenvalue weighted by Gasteiger charge is -2.37. The fraction of sp³-hybridized carbons (Fsp3) is 0.600. The third-order valence-electron chi connectivity index (χ3n) is 5.47. The monoisotopic (exact) mass is 341 g/mol. The van der Waals surface area contributed by atoms with Crippen molar-refractivity contribution in [2.45, 2.75) is 38.1 Å². The van der Waals surface area contributed by atoms with E-state index in [2.05, 4.69) is 11.0 Å². The molecule has 0 bridgehead atoms. The van der Waals surface area contributed by atoms with Gasteiger partial charge in [-0.3, -0.25) is 4.79 Å². The van der Waals surface area contributed by atoms with Crippen molar-refractivity contribution in [2.24, 2.45) is 5.92 Å². The van der Waals surface area contributed by atoms with Gasteiger partial charge in [-0.1, -0.05) is 12.1 Å². The molecule has 2 heterocycles. The first-order valence-electron chi connectivity index (χ1n) is 9.34. The number of amides is 1. The van der Waals surface area contributed by atoms with Crippen molar-refractivity contribution >= 4 is 12.1 Å². The molecule has 1 unspecified atom stereocenters. The molecule has 2 aliphatic rings. The quantitative estimate of drug-likeness (QED) is 0.747. The summed E-state index contributed by atoms with van der Waals surface area (Å²) in [6, 6.07) is 10.5. The molecule has 2 aliphatic heterocycles. The average Bonchev–Trinajstić information content (AvgIpc) is 2.69. The van der Waals surface area contributed by atoms with Crippen LogP contribution >= 0.6 is 0 Å². The molecular formula is C20H27N3O2. The standard InChI is InChI=1S/C20H27N3O2/c21-14-18-5-1-2-6-20(18)22-10-3-4-17(15-22)7-11-23(16-24)19-8-12-25-13-9-19/h1-2,5-6,16-17,19H,3-4,7-13,15H2. The highest BCUT2D eigenvalue weighted by atomic mass is 16.5. The van der Waals surface area contributed by atoms with Crippen molar-refractivity contribution in [3.05, 3.63) is 29.8 Å². The first kappa shape index (κ1) is 17.8. The Hall–Kier alpha value is -2.06. The second kappa shape index (κ2) is 8.87. The van der Waals surface area contributed by atoms with Crippen LogP contribution in [-0.4, -0.2) is 50.2 Å². The summed E-state index contributed by atoms with van der Waals surface area (Å²) < 4.78 is 5.40. The Morgan fingerprint density at radius 1 is 1.28 bits per heavy atom. The van der Waals surface area contributed by atoms with Gasteiger partial charge in [0.1, 0.15) is 6.07 Å². The van der Waals surface area contributed by atoms with Gasteiger partial charge in [0.25, 0.3) is 0 Å². The summed E-state index contributed by atoms with van der Waals surface area (Å²) in [5.41, 5.74) is 1.80. The van der Waals surface area contributed by atoms with Crippen LogP contribution in [0.2, 0.25) is 0 Å². The molecular weight excluding hydrogens is 314 g/mol.